The summed E-state index contributed by atoms with van der Waals surface area (Å²) in [5.41, 5.74) is 1.42. The maximum Gasteiger partial charge on any atom is 0.262 e. The Morgan fingerprint density at radius 2 is 2.39 bits per heavy atom. The molecule has 92 valence electrons. The number of carbonyl (C=O) groups is 2. The van der Waals surface area contributed by atoms with Crippen LogP contribution in [0.15, 0.2) is 18.2 Å². The second-order valence-electron chi connectivity index (χ2n) is 3.76. The highest BCUT2D eigenvalue weighted by Gasteiger charge is 2.15. The molecule has 5 heteroatoms. The number of carbonyl (C=O) groups excluding carboxylic acids is 2. The quantitative estimate of drug-likeness (QED) is 0.707. The van der Waals surface area contributed by atoms with Gasteiger partial charge < -0.3 is 15.4 Å². The Bertz CT molecular complexity index is 555. The molecule has 2 amide bonds. The Morgan fingerprint density at radius 1 is 1.56 bits per heavy atom. The average Bonchev–Trinajstić information content (AvgIpc) is 2.34. The van der Waals surface area contributed by atoms with Gasteiger partial charge in [0.05, 0.1) is 12.2 Å². The zero-order valence-corrected chi connectivity index (χ0v) is 9.87. The van der Waals surface area contributed by atoms with Gasteiger partial charge in [0.1, 0.15) is 5.75 Å². The van der Waals surface area contributed by atoms with Crippen molar-refractivity contribution in [2.75, 3.05) is 18.5 Å². The molecule has 0 saturated carbocycles. The lowest BCUT2D eigenvalue weighted by Crippen LogP contribution is -2.25. The first-order valence-corrected chi connectivity index (χ1v) is 5.45. The largest absolute Gasteiger partial charge is 0.482 e. The third-order valence-electron chi connectivity index (χ3n) is 2.27. The van der Waals surface area contributed by atoms with E-state index in [0.29, 0.717) is 18.0 Å². The van der Waals surface area contributed by atoms with Crippen LogP contribution < -0.4 is 15.4 Å². The van der Waals surface area contributed by atoms with Crippen molar-refractivity contribution in [3.8, 4) is 17.6 Å². The summed E-state index contributed by atoms with van der Waals surface area (Å²) in [7, 11) is 0. The molecular formula is C13H12N2O3. The lowest BCUT2D eigenvalue weighted by atomic mass is 10.1. The minimum Gasteiger partial charge on any atom is -0.482 e. The smallest absolute Gasteiger partial charge is 0.262 e. The van der Waals surface area contributed by atoms with Gasteiger partial charge in [0.2, 0.25) is 5.91 Å². The standard InChI is InChI=1S/C13H12N2O3/c1-9(16)14-6-2-3-10-4-5-11-12(7-10)18-8-13(17)15-11/h4-5,7H,6,8H2,1H3,(H,14,16)(H,15,17). The molecule has 0 fully saturated rings. The van der Waals surface area contributed by atoms with E-state index in [1.165, 1.54) is 6.92 Å². The van der Waals surface area contributed by atoms with Crippen molar-refractivity contribution in [3.05, 3.63) is 23.8 Å². The first-order chi connectivity index (χ1) is 8.65. The summed E-state index contributed by atoms with van der Waals surface area (Å²) in [6.07, 6.45) is 0. The van der Waals surface area contributed by atoms with Gasteiger partial charge in [-0.15, -0.1) is 0 Å². The summed E-state index contributed by atoms with van der Waals surface area (Å²) < 4.78 is 5.27. The molecule has 5 nitrogen and oxygen atoms in total. The highest BCUT2D eigenvalue weighted by Crippen LogP contribution is 2.28. The lowest BCUT2D eigenvalue weighted by Gasteiger charge is -2.17. The van der Waals surface area contributed by atoms with Crippen molar-refractivity contribution in [1.82, 2.24) is 5.32 Å². The summed E-state index contributed by atoms with van der Waals surface area (Å²) in [6.45, 7) is 1.77. The van der Waals surface area contributed by atoms with Crippen molar-refractivity contribution in [2.24, 2.45) is 0 Å². The Kier molecular flexibility index (Phi) is 3.49. The Morgan fingerprint density at radius 3 is 3.17 bits per heavy atom. The van der Waals surface area contributed by atoms with Crippen LogP contribution in [0, 0.1) is 11.8 Å². The molecule has 1 aliphatic rings. The summed E-state index contributed by atoms with van der Waals surface area (Å²) >= 11 is 0. The van der Waals surface area contributed by atoms with Crippen LogP contribution in [0.5, 0.6) is 5.75 Å². The number of benzene rings is 1. The Balaban J connectivity index is 2.07. The van der Waals surface area contributed by atoms with Gasteiger partial charge in [-0.05, 0) is 18.2 Å². The lowest BCUT2D eigenvalue weighted by molar-refractivity contribution is -0.119. The van der Waals surface area contributed by atoms with Crippen molar-refractivity contribution >= 4 is 17.5 Å². The normalized spacial score (nSPS) is 12.4. The Hall–Kier alpha value is -2.48. The maximum absolute atomic E-state index is 11.1. The number of hydrogen-bond acceptors (Lipinski definition) is 3. The van der Waals surface area contributed by atoms with E-state index >= 15 is 0 Å². The number of amides is 2. The minimum absolute atomic E-state index is 0.0236. The molecule has 0 aromatic heterocycles. The summed E-state index contributed by atoms with van der Waals surface area (Å²) in [5.74, 6) is 6.07. The molecule has 0 radical (unpaired) electrons. The van der Waals surface area contributed by atoms with E-state index in [2.05, 4.69) is 22.5 Å². The molecular weight excluding hydrogens is 232 g/mol. The molecule has 0 atom stereocenters. The van der Waals surface area contributed by atoms with E-state index < -0.39 is 0 Å². The first-order valence-electron chi connectivity index (χ1n) is 5.45. The fourth-order valence-electron chi connectivity index (χ4n) is 1.47. The molecule has 2 N–H and O–H groups in total. The van der Waals surface area contributed by atoms with Crippen LogP contribution in [0.3, 0.4) is 0 Å². The van der Waals surface area contributed by atoms with Gasteiger partial charge in [-0.1, -0.05) is 11.8 Å². The summed E-state index contributed by atoms with van der Waals surface area (Å²) in [5, 5.41) is 5.28. The van der Waals surface area contributed by atoms with Gasteiger partial charge in [0, 0.05) is 12.5 Å². The SMILES string of the molecule is CC(=O)NCC#Cc1ccc2c(c1)OCC(=O)N2. The fourth-order valence-corrected chi connectivity index (χ4v) is 1.47. The van der Waals surface area contributed by atoms with Crippen molar-refractivity contribution in [1.29, 1.82) is 0 Å². The third-order valence-corrected chi connectivity index (χ3v) is 2.27. The second kappa shape index (κ2) is 5.23. The van der Waals surface area contributed by atoms with E-state index in [-0.39, 0.29) is 18.4 Å². The molecule has 0 bridgehead atoms. The predicted octanol–water partition coefficient (Wildman–Crippen LogP) is 0.505. The van der Waals surface area contributed by atoms with Crippen molar-refractivity contribution in [3.63, 3.8) is 0 Å². The van der Waals surface area contributed by atoms with Crippen LogP contribution in [-0.4, -0.2) is 25.0 Å². The second-order valence-corrected chi connectivity index (χ2v) is 3.76. The third kappa shape index (κ3) is 3.01. The average molecular weight is 244 g/mol. The first kappa shape index (κ1) is 12.0. The zero-order chi connectivity index (χ0) is 13.0. The number of nitrogens with one attached hydrogen (secondary N) is 2. The molecule has 0 spiro atoms. The number of ether oxygens (including phenoxy) is 1. The minimum atomic E-state index is -0.160. The van der Waals surface area contributed by atoms with Crippen LogP contribution in [-0.2, 0) is 9.59 Å². The van der Waals surface area contributed by atoms with Crippen LogP contribution >= 0.6 is 0 Å². The summed E-state index contributed by atoms with van der Waals surface area (Å²) in [4.78, 5) is 21.7. The molecule has 18 heavy (non-hydrogen) atoms. The number of fused-ring (bicyclic) bond motifs is 1. The zero-order valence-electron chi connectivity index (χ0n) is 9.87. The van der Waals surface area contributed by atoms with Crippen LogP contribution in [0.4, 0.5) is 5.69 Å². The molecule has 1 aliphatic heterocycles. The monoisotopic (exact) mass is 244 g/mol. The van der Waals surface area contributed by atoms with Crippen molar-refractivity contribution in [2.45, 2.75) is 6.92 Å². The van der Waals surface area contributed by atoms with E-state index in [9.17, 15) is 9.59 Å². The fraction of sp³-hybridized carbons (Fsp3) is 0.231. The van der Waals surface area contributed by atoms with Gasteiger partial charge in [-0.2, -0.15) is 0 Å². The number of rotatable bonds is 1. The number of hydrogen-bond donors (Lipinski definition) is 2. The van der Waals surface area contributed by atoms with Crippen LogP contribution in [0.2, 0.25) is 0 Å². The Labute approximate surface area is 105 Å². The van der Waals surface area contributed by atoms with Gasteiger partial charge in [0.15, 0.2) is 6.61 Å². The van der Waals surface area contributed by atoms with Crippen molar-refractivity contribution < 1.29 is 14.3 Å². The van der Waals surface area contributed by atoms with Gasteiger partial charge in [0.25, 0.3) is 5.91 Å². The maximum atomic E-state index is 11.1. The van der Waals surface area contributed by atoms with Gasteiger partial charge in [-0.25, -0.2) is 0 Å². The highest BCUT2D eigenvalue weighted by molar-refractivity contribution is 5.95. The number of anilines is 1. The van der Waals surface area contributed by atoms with Gasteiger partial charge >= 0.3 is 0 Å². The van der Waals surface area contributed by atoms with E-state index in [1.807, 2.05) is 0 Å². The predicted molar refractivity (Wildman–Crippen MR) is 66.1 cm³/mol. The highest BCUT2D eigenvalue weighted by atomic mass is 16.5. The molecule has 0 unspecified atom stereocenters. The van der Waals surface area contributed by atoms with Gasteiger partial charge in [-0.3, -0.25) is 9.59 Å². The van der Waals surface area contributed by atoms with E-state index in [0.717, 1.165) is 5.56 Å². The van der Waals surface area contributed by atoms with E-state index in [1.54, 1.807) is 18.2 Å². The van der Waals surface area contributed by atoms with Crippen LogP contribution in [0.1, 0.15) is 12.5 Å². The molecule has 1 aromatic carbocycles. The molecule has 2 rings (SSSR count). The topological polar surface area (TPSA) is 67.4 Å². The van der Waals surface area contributed by atoms with Crippen LogP contribution in [0.25, 0.3) is 0 Å². The molecule has 0 saturated heterocycles. The summed E-state index contributed by atoms with van der Waals surface area (Å²) in [6, 6.07) is 5.29. The molecule has 1 aromatic rings. The molecule has 1 heterocycles. The molecule has 0 aliphatic carbocycles. The van der Waals surface area contributed by atoms with E-state index in [4.69, 9.17) is 4.74 Å².